The van der Waals surface area contributed by atoms with Crippen LogP contribution in [0.1, 0.15) is 42.2 Å². The molecule has 4 rings (SSSR count). The molecule has 7 nitrogen and oxygen atoms in total. The van der Waals surface area contributed by atoms with Gasteiger partial charge in [0.1, 0.15) is 25.1 Å². The van der Waals surface area contributed by atoms with Crippen LogP contribution in [-0.4, -0.2) is 47.4 Å². The van der Waals surface area contributed by atoms with Gasteiger partial charge in [0, 0.05) is 6.61 Å². The number of aryl methyl sites for hydroxylation is 1. The van der Waals surface area contributed by atoms with E-state index < -0.39 is 30.3 Å². The van der Waals surface area contributed by atoms with Gasteiger partial charge < -0.3 is 19.3 Å². The predicted molar refractivity (Wildman–Crippen MR) is 139 cm³/mol. The Hall–Kier alpha value is -3.68. The maximum Gasteiger partial charge on any atom is 0.417 e. The first-order valence-corrected chi connectivity index (χ1v) is 12.6. The quantitative estimate of drug-likeness (QED) is 0.402. The molecule has 1 aliphatic rings. The molecular weight excluding hydrogens is 470 g/mol. The smallest absolute Gasteiger partial charge is 0.417 e. The lowest BCUT2D eigenvalue weighted by atomic mass is 9.95. The van der Waals surface area contributed by atoms with Gasteiger partial charge in [-0.25, -0.2) is 9.69 Å². The van der Waals surface area contributed by atoms with Gasteiger partial charge in [-0.15, -0.1) is 0 Å². The second-order valence-corrected chi connectivity index (χ2v) is 8.94. The lowest BCUT2D eigenvalue weighted by Gasteiger charge is -2.29. The van der Waals surface area contributed by atoms with Crippen molar-refractivity contribution in [2.75, 3.05) is 13.2 Å². The molecule has 1 N–H and O–H groups in total. The van der Waals surface area contributed by atoms with Crippen molar-refractivity contribution in [2.45, 2.75) is 51.5 Å². The third-order valence-corrected chi connectivity index (χ3v) is 6.45. The number of ether oxygens (including phenoxy) is 3. The monoisotopic (exact) mass is 503 g/mol. The van der Waals surface area contributed by atoms with Crippen molar-refractivity contribution >= 4 is 12.0 Å². The maximum absolute atomic E-state index is 13.6. The standard InChI is InChI=1S/C30H33NO6/c1-3-23-18-25(36-19-22-13-9-6-10-14-22)15-16-26(23)27(32)28(35-4-2)29(33)31-24(20-37-30(31)34)17-21-11-7-5-8-12-21/h5-16,18,24,27-28,32H,3-4,17,19-20H2,1-2H3/t24?,27-,28+/m1/s1. The minimum atomic E-state index is -1.27. The summed E-state index contributed by atoms with van der Waals surface area (Å²) in [5.74, 6) is 0.0613. The number of benzene rings is 3. The van der Waals surface area contributed by atoms with Crippen LogP contribution >= 0.6 is 0 Å². The SMILES string of the molecule is CCO[C@H](C(=O)N1C(=O)OCC1Cc1ccccc1)[C@H](O)c1ccc(OCc2ccccc2)cc1CC. The van der Waals surface area contributed by atoms with Gasteiger partial charge in [0.05, 0.1) is 6.04 Å². The third-order valence-electron chi connectivity index (χ3n) is 6.45. The van der Waals surface area contributed by atoms with Gasteiger partial charge >= 0.3 is 6.09 Å². The Morgan fingerprint density at radius 1 is 1.03 bits per heavy atom. The largest absolute Gasteiger partial charge is 0.489 e. The molecule has 0 aromatic heterocycles. The normalized spacial score (nSPS) is 16.8. The number of rotatable bonds is 11. The Bertz CT molecular complexity index is 1180. The molecule has 0 radical (unpaired) electrons. The van der Waals surface area contributed by atoms with Crippen molar-refractivity contribution in [3.8, 4) is 5.75 Å². The molecule has 0 aliphatic carbocycles. The van der Waals surface area contributed by atoms with Crippen molar-refractivity contribution in [1.29, 1.82) is 0 Å². The number of nitrogens with zero attached hydrogens (tertiary/aromatic N) is 1. The molecule has 1 aliphatic heterocycles. The molecule has 0 spiro atoms. The zero-order valence-corrected chi connectivity index (χ0v) is 21.2. The predicted octanol–water partition coefficient (Wildman–Crippen LogP) is 4.86. The molecule has 3 aromatic rings. The summed E-state index contributed by atoms with van der Waals surface area (Å²) in [5, 5.41) is 11.3. The molecule has 0 saturated carbocycles. The van der Waals surface area contributed by atoms with E-state index in [0.29, 0.717) is 30.8 Å². The molecule has 194 valence electrons. The van der Waals surface area contributed by atoms with Crippen LogP contribution in [0.2, 0.25) is 0 Å². The van der Waals surface area contributed by atoms with Crippen LogP contribution in [0.4, 0.5) is 4.79 Å². The average molecular weight is 504 g/mol. The van der Waals surface area contributed by atoms with E-state index in [2.05, 4.69) is 0 Å². The Morgan fingerprint density at radius 2 is 1.70 bits per heavy atom. The molecule has 1 heterocycles. The number of aliphatic hydroxyl groups is 1. The molecule has 7 heteroatoms. The van der Waals surface area contributed by atoms with Gasteiger partial charge in [0.15, 0.2) is 6.10 Å². The van der Waals surface area contributed by atoms with Gasteiger partial charge in [-0.3, -0.25) is 4.79 Å². The molecule has 1 fully saturated rings. The summed E-state index contributed by atoms with van der Waals surface area (Å²) < 4.78 is 16.9. The number of cyclic esters (lactones) is 1. The second kappa shape index (κ2) is 12.5. The zero-order valence-electron chi connectivity index (χ0n) is 21.2. The minimum Gasteiger partial charge on any atom is -0.489 e. The summed E-state index contributed by atoms with van der Waals surface area (Å²) >= 11 is 0. The molecule has 1 saturated heterocycles. The fourth-order valence-corrected chi connectivity index (χ4v) is 4.55. The number of amides is 2. The Balaban J connectivity index is 1.53. The molecule has 3 atom stereocenters. The first-order chi connectivity index (χ1) is 18.0. The van der Waals surface area contributed by atoms with Gasteiger partial charge in [-0.05, 0) is 54.2 Å². The lowest BCUT2D eigenvalue weighted by Crippen LogP contribution is -2.48. The summed E-state index contributed by atoms with van der Waals surface area (Å²) in [6, 6.07) is 24.4. The van der Waals surface area contributed by atoms with E-state index in [-0.39, 0.29) is 13.2 Å². The molecule has 2 amide bonds. The molecule has 3 aromatic carbocycles. The highest BCUT2D eigenvalue weighted by molar-refractivity contribution is 5.96. The Morgan fingerprint density at radius 3 is 2.35 bits per heavy atom. The van der Waals surface area contributed by atoms with Crippen molar-refractivity contribution < 1.29 is 28.9 Å². The number of hydrogen-bond acceptors (Lipinski definition) is 6. The van der Waals surface area contributed by atoms with E-state index in [1.807, 2.05) is 73.7 Å². The van der Waals surface area contributed by atoms with Crippen molar-refractivity contribution in [3.63, 3.8) is 0 Å². The highest BCUT2D eigenvalue weighted by Crippen LogP contribution is 2.30. The minimum absolute atomic E-state index is 0.0993. The van der Waals surface area contributed by atoms with Crippen LogP contribution in [0, 0.1) is 0 Å². The zero-order chi connectivity index (χ0) is 26.2. The first-order valence-electron chi connectivity index (χ1n) is 12.6. The Labute approximate surface area is 217 Å². The Kier molecular flexibility index (Phi) is 8.93. The number of carbonyl (C=O) groups is 2. The number of carbonyl (C=O) groups excluding carboxylic acids is 2. The van der Waals surface area contributed by atoms with Crippen LogP contribution in [0.5, 0.6) is 5.75 Å². The summed E-state index contributed by atoms with van der Waals surface area (Å²) in [5.41, 5.74) is 3.43. The second-order valence-electron chi connectivity index (χ2n) is 8.94. The number of aliphatic hydroxyl groups excluding tert-OH is 1. The fourth-order valence-electron chi connectivity index (χ4n) is 4.55. The molecule has 1 unspecified atom stereocenters. The maximum atomic E-state index is 13.6. The molecule has 0 bridgehead atoms. The van der Waals surface area contributed by atoms with Crippen LogP contribution < -0.4 is 4.74 Å². The van der Waals surface area contributed by atoms with E-state index in [9.17, 15) is 14.7 Å². The highest BCUT2D eigenvalue weighted by atomic mass is 16.6. The van der Waals surface area contributed by atoms with E-state index >= 15 is 0 Å². The van der Waals surface area contributed by atoms with Gasteiger partial charge in [0.2, 0.25) is 0 Å². The third kappa shape index (κ3) is 6.37. The first kappa shape index (κ1) is 26.4. The molecule has 37 heavy (non-hydrogen) atoms. The summed E-state index contributed by atoms with van der Waals surface area (Å²) in [6.45, 7) is 4.43. The van der Waals surface area contributed by atoms with E-state index in [1.165, 1.54) is 0 Å². The van der Waals surface area contributed by atoms with E-state index in [4.69, 9.17) is 14.2 Å². The van der Waals surface area contributed by atoms with Crippen LogP contribution in [-0.2, 0) is 33.7 Å². The van der Waals surface area contributed by atoms with E-state index in [1.54, 1.807) is 19.1 Å². The van der Waals surface area contributed by atoms with Crippen molar-refractivity contribution in [1.82, 2.24) is 4.90 Å². The van der Waals surface area contributed by atoms with Gasteiger partial charge in [-0.2, -0.15) is 0 Å². The average Bonchev–Trinajstić information content (AvgIpc) is 3.30. The van der Waals surface area contributed by atoms with Crippen LogP contribution in [0.3, 0.4) is 0 Å². The van der Waals surface area contributed by atoms with Crippen LogP contribution in [0.15, 0.2) is 78.9 Å². The van der Waals surface area contributed by atoms with Gasteiger partial charge in [-0.1, -0.05) is 73.7 Å². The molecular formula is C30H33NO6. The number of hydrogen-bond donors (Lipinski definition) is 1. The van der Waals surface area contributed by atoms with Gasteiger partial charge in [0.25, 0.3) is 5.91 Å². The lowest BCUT2D eigenvalue weighted by molar-refractivity contribution is -0.149. The summed E-state index contributed by atoms with van der Waals surface area (Å²) in [6.07, 6.45) is -2.17. The summed E-state index contributed by atoms with van der Waals surface area (Å²) in [7, 11) is 0. The van der Waals surface area contributed by atoms with E-state index in [0.717, 1.165) is 21.6 Å². The van der Waals surface area contributed by atoms with Crippen molar-refractivity contribution in [3.05, 3.63) is 101 Å². The topological polar surface area (TPSA) is 85.3 Å². The number of imide groups is 1. The summed E-state index contributed by atoms with van der Waals surface area (Å²) in [4.78, 5) is 27.3. The van der Waals surface area contributed by atoms with Crippen molar-refractivity contribution in [2.24, 2.45) is 0 Å². The highest BCUT2D eigenvalue weighted by Gasteiger charge is 2.43. The van der Waals surface area contributed by atoms with Crippen LogP contribution in [0.25, 0.3) is 0 Å². The fraction of sp³-hybridized carbons (Fsp3) is 0.333.